The monoisotopic (exact) mass is 226 g/mol. The predicted octanol–water partition coefficient (Wildman–Crippen LogP) is 0.198. The van der Waals surface area contributed by atoms with Crippen molar-refractivity contribution in [3.05, 3.63) is 0 Å². The lowest BCUT2D eigenvalue weighted by Gasteiger charge is -2.17. The fraction of sp³-hybridized carbons (Fsp3) is 0.333. The van der Waals surface area contributed by atoms with E-state index < -0.39 is 0 Å². The molecule has 1 unspecified atom stereocenters. The van der Waals surface area contributed by atoms with Gasteiger partial charge in [-0.2, -0.15) is 5.10 Å². The molecule has 8 heteroatoms. The maximum absolute atomic E-state index is 5.09. The minimum Gasteiger partial charge on any atom is -0.299 e. The van der Waals surface area contributed by atoms with Crippen molar-refractivity contribution in [3.8, 4) is 0 Å². The van der Waals surface area contributed by atoms with Crippen LogP contribution in [-0.4, -0.2) is 19.2 Å². The van der Waals surface area contributed by atoms with Crippen LogP contribution in [0.1, 0.15) is 0 Å². The molecular formula is C3H6N4S4. The Morgan fingerprint density at radius 2 is 2.55 bits per heavy atom. The van der Waals surface area contributed by atoms with Gasteiger partial charge in [-0.05, 0) is 12.2 Å². The summed E-state index contributed by atoms with van der Waals surface area (Å²) in [6.45, 7) is 0. The van der Waals surface area contributed by atoms with Crippen LogP contribution in [-0.2, 0) is 0 Å². The summed E-state index contributed by atoms with van der Waals surface area (Å²) < 4.78 is 0.494. The van der Waals surface area contributed by atoms with Crippen molar-refractivity contribution in [1.29, 1.82) is 0 Å². The lowest BCUT2D eigenvalue weighted by Crippen LogP contribution is -2.41. The summed E-state index contributed by atoms with van der Waals surface area (Å²) in [5, 5.41) is 5.77. The number of thiol groups is 2. The van der Waals surface area contributed by atoms with Gasteiger partial charge in [-0.3, -0.25) is 5.43 Å². The largest absolute Gasteiger partial charge is 0.299 e. The highest BCUT2D eigenvalue weighted by atomic mass is 32.2. The third kappa shape index (κ3) is 2.15. The maximum Gasteiger partial charge on any atom is 0.205 e. The van der Waals surface area contributed by atoms with Crippen molar-refractivity contribution < 1.29 is 0 Å². The summed E-state index contributed by atoms with van der Waals surface area (Å²) in [5.41, 5.74) is 2.31. The van der Waals surface area contributed by atoms with Crippen molar-refractivity contribution in [2.45, 2.75) is 4.71 Å². The Labute approximate surface area is 84.7 Å². The van der Waals surface area contributed by atoms with E-state index in [-0.39, 0.29) is 4.71 Å². The van der Waals surface area contributed by atoms with Crippen LogP contribution in [0.5, 0.6) is 0 Å². The summed E-state index contributed by atoms with van der Waals surface area (Å²) in [7, 11) is 0. The average Bonchev–Trinajstić information content (AvgIpc) is 2.28. The molecule has 0 amide bonds. The molecule has 0 spiro atoms. The minimum atomic E-state index is -0.133. The first kappa shape index (κ1) is 9.46. The minimum absolute atomic E-state index is 0.133. The Morgan fingerprint density at radius 1 is 1.91 bits per heavy atom. The molecule has 11 heavy (non-hydrogen) atoms. The van der Waals surface area contributed by atoms with E-state index in [1.807, 2.05) is 0 Å². The highest BCUT2D eigenvalue weighted by molar-refractivity contribution is 8.35. The van der Waals surface area contributed by atoms with Crippen LogP contribution in [0.15, 0.2) is 5.10 Å². The molecular weight excluding hydrogens is 220 g/mol. The molecule has 0 aliphatic carbocycles. The lowest BCUT2D eigenvalue weighted by atomic mass is 11.0. The van der Waals surface area contributed by atoms with Gasteiger partial charge in [-0.15, -0.1) is 25.3 Å². The van der Waals surface area contributed by atoms with Gasteiger partial charge in [0.2, 0.25) is 5.11 Å². The molecule has 0 saturated heterocycles. The van der Waals surface area contributed by atoms with E-state index in [1.54, 1.807) is 0 Å². The number of thiocarbonyl (C=S) groups is 1. The van der Waals surface area contributed by atoms with Crippen molar-refractivity contribution in [1.82, 2.24) is 10.4 Å². The molecule has 3 N–H and O–H groups in total. The molecule has 0 bridgehead atoms. The fourth-order valence-corrected chi connectivity index (χ4v) is 2.50. The van der Waals surface area contributed by atoms with E-state index in [0.717, 1.165) is 0 Å². The van der Waals surface area contributed by atoms with Gasteiger partial charge in [0.25, 0.3) is 0 Å². The molecule has 1 rings (SSSR count). The predicted molar refractivity (Wildman–Crippen MR) is 58.5 cm³/mol. The smallest absolute Gasteiger partial charge is 0.205 e. The van der Waals surface area contributed by atoms with Gasteiger partial charge in [0, 0.05) is 0 Å². The van der Waals surface area contributed by atoms with Gasteiger partial charge >= 0.3 is 0 Å². The van der Waals surface area contributed by atoms with Gasteiger partial charge in [0.05, 0.1) is 0 Å². The molecule has 0 aromatic heterocycles. The number of nitrogens with zero attached hydrogens (tertiary/aromatic N) is 2. The average molecular weight is 226 g/mol. The van der Waals surface area contributed by atoms with Crippen molar-refractivity contribution in [2.24, 2.45) is 10.9 Å². The molecule has 1 atom stereocenters. The molecule has 1 heterocycles. The summed E-state index contributed by atoms with van der Waals surface area (Å²) in [4.78, 5) is 0. The van der Waals surface area contributed by atoms with E-state index in [4.69, 9.17) is 18.1 Å². The number of nitrogens with one attached hydrogen (secondary N) is 1. The highest BCUT2D eigenvalue weighted by Gasteiger charge is 2.24. The first-order valence-corrected chi connectivity index (χ1v) is 4.82. The fourth-order valence-electron chi connectivity index (χ4n) is 0.521. The maximum atomic E-state index is 5.09. The number of hydrogen-bond donors (Lipinski definition) is 4. The number of thioether (sulfide) groups is 1. The molecule has 4 nitrogen and oxygen atoms in total. The standard InChI is InChI=1S/C3H6N4S4/c4-5-1(8)7-3(10)11-2(9)6-7/h3,10H,4H2,(H,5,8)(H,6,9). The summed E-state index contributed by atoms with van der Waals surface area (Å²) in [6.07, 6.45) is 0. The Bertz CT molecular complexity index is 204. The Balaban J connectivity index is 2.65. The van der Waals surface area contributed by atoms with Crippen LogP contribution in [0.25, 0.3) is 0 Å². The third-order valence-electron chi connectivity index (χ3n) is 0.945. The Hall–Kier alpha value is 0.370. The molecule has 0 aromatic rings. The second kappa shape index (κ2) is 3.85. The van der Waals surface area contributed by atoms with Gasteiger partial charge in [0.15, 0.2) is 4.38 Å². The van der Waals surface area contributed by atoms with E-state index in [9.17, 15) is 0 Å². The second-order valence-electron chi connectivity index (χ2n) is 1.62. The number of hydrogen-bond acceptors (Lipinski definition) is 5. The molecule has 0 aromatic carbocycles. The van der Waals surface area contributed by atoms with Crippen LogP contribution in [0, 0.1) is 0 Å². The van der Waals surface area contributed by atoms with Crippen molar-refractivity contribution >= 4 is 58.7 Å². The van der Waals surface area contributed by atoms with E-state index in [1.165, 1.54) is 16.8 Å². The van der Waals surface area contributed by atoms with Gasteiger partial charge in [0.1, 0.15) is 4.71 Å². The SMILES string of the molecule is NNC(=S)N1N=C(S)SC1S. The summed E-state index contributed by atoms with van der Waals surface area (Å²) >= 11 is 14.4. The Morgan fingerprint density at radius 3 is 2.91 bits per heavy atom. The zero-order valence-electron chi connectivity index (χ0n) is 5.26. The molecule has 62 valence electrons. The van der Waals surface area contributed by atoms with Crippen molar-refractivity contribution in [2.75, 3.05) is 0 Å². The quantitative estimate of drug-likeness (QED) is 0.206. The van der Waals surface area contributed by atoms with Gasteiger partial charge in [-0.25, -0.2) is 10.9 Å². The summed E-state index contributed by atoms with van der Waals surface area (Å²) in [5.74, 6) is 5.09. The molecule has 0 fully saturated rings. The van der Waals surface area contributed by atoms with Gasteiger partial charge < -0.3 is 0 Å². The summed E-state index contributed by atoms with van der Waals surface area (Å²) in [6, 6.07) is 0. The van der Waals surface area contributed by atoms with Crippen LogP contribution >= 0.6 is 49.2 Å². The van der Waals surface area contributed by atoms with Crippen LogP contribution in [0.4, 0.5) is 0 Å². The number of nitrogens with two attached hydrogens (primary N) is 1. The molecule has 0 radical (unpaired) electrons. The normalized spacial score (nSPS) is 23.4. The Kier molecular flexibility index (Phi) is 3.31. The first-order chi connectivity index (χ1) is 5.15. The number of rotatable bonds is 0. The van der Waals surface area contributed by atoms with Crippen LogP contribution in [0.2, 0.25) is 0 Å². The van der Waals surface area contributed by atoms with E-state index in [0.29, 0.717) is 9.49 Å². The zero-order chi connectivity index (χ0) is 8.43. The van der Waals surface area contributed by atoms with Gasteiger partial charge in [-0.1, -0.05) is 11.8 Å². The van der Waals surface area contributed by atoms with Crippen LogP contribution < -0.4 is 11.3 Å². The first-order valence-electron chi connectivity index (χ1n) is 2.57. The van der Waals surface area contributed by atoms with Crippen LogP contribution in [0.3, 0.4) is 0 Å². The lowest BCUT2D eigenvalue weighted by molar-refractivity contribution is 0.502. The molecule has 1 aliphatic heterocycles. The topological polar surface area (TPSA) is 53.6 Å². The van der Waals surface area contributed by atoms with E-state index >= 15 is 0 Å². The third-order valence-corrected chi connectivity index (χ3v) is 2.89. The zero-order valence-corrected chi connectivity index (χ0v) is 8.68. The van der Waals surface area contributed by atoms with E-state index in [2.05, 4.69) is 35.8 Å². The number of hydrazone groups is 1. The number of hydrazine groups is 1. The molecule has 1 aliphatic rings. The molecule has 0 saturated carbocycles. The van der Waals surface area contributed by atoms with Crippen molar-refractivity contribution in [3.63, 3.8) is 0 Å². The second-order valence-corrected chi connectivity index (χ2v) is 4.64. The highest BCUT2D eigenvalue weighted by Crippen LogP contribution is 2.29.